The molecule has 0 saturated carbocycles. The van der Waals surface area contributed by atoms with E-state index in [4.69, 9.17) is 10.1 Å². The van der Waals surface area contributed by atoms with Crippen molar-refractivity contribution in [3.05, 3.63) is 65.9 Å². The Bertz CT molecular complexity index is 1350. The lowest BCUT2D eigenvalue weighted by Gasteiger charge is -2.34. The molecule has 4 aromatic rings. The van der Waals surface area contributed by atoms with Gasteiger partial charge in [0, 0.05) is 51.7 Å². The Balaban J connectivity index is 1.25. The maximum Gasteiger partial charge on any atom is 0.248 e. The fourth-order valence-corrected chi connectivity index (χ4v) is 5.05. The first-order valence-corrected chi connectivity index (χ1v) is 12.7. The van der Waals surface area contributed by atoms with Crippen molar-refractivity contribution in [2.45, 2.75) is 13.5 Å². The molecule has 10 heteroatoms. The van der Waals surface area contributed by atoms with Crippen LogP contribution in [0.3, 0.4) is 0 Å². The quantitative estimate of drug-likeness (QED) is 0.395. The van der Waals surface area contributed by atoms with Crippen LogP contribution in [0.25, 0.3) is 10.3 Å². The summed E-state index contributed by atoms with van der Waals surface area (Å²) in [6.45, 7) is 5.25. The number of fused-ring (bicyclic) bond motifs is 1. The molecule has 1 aliphatic rings. The minimum absolute atomic E-state index is 0.204. The van der Waals surface area contributed by atoms with E-state index < -0.39 is 6.61 Å². The second-order valence-electron chi connectivity index (χ2n) is 8.90. The van der Waals surface area contributed by atoms with Crippen molar-refractivity contribution in [2.75, 3.05) is 50.1 Å². The summed E-state index contributed by atoms with van der Waals surface area (Å²) in [5.41, 5.74) is 4.28. The van der Waals surface area contributed by atoms with Gasteiger partial charge >= 0.3 is 0 Å². The Morgan fingerprint density at radius 3 is 2.61 bits per heavy atom. The van der Waals surface area contributed by atoms with Crippen LogP contribution in [-0.2, 0) is 11.3 Å². The number of aryl methyl sites for hydroxylation is 1. The van der Waals surface area contributed by atoms with Gasteiger partial charge in [0.25, 0.3) is 0 Å². The number of rotatable bonds is 7. The SMILES string of the molecule is Cc1ccc(N(C)c2ccc3nc(Nc4cc(CN5CCN(C(=O)CO)CC5)ccn4)sc3n2)cc1. The number of aliphatic hydroxyl groups excluding tert-OH is 1. The average molecular weight is 504 g/mol. The van der Waals surface area contributed by atoms with Crippen LogP contribution in [0.1, 0.15) is 11.1 Å². The number of pyridine rings is 2. The van der Waals surface area contributed by atoms with Crippen LogP contribution in [0.15, 0.2) is 54.7 Å². The van der Waals surface area contributed by atoms with Gasteiger partial charge in [0.05, 0.1) is 0 Å². The standard InChI is InChI=1S/C26H29N7O2S/c1-18-3-5-20(6-4-18)31(2)23-8-7-21-25(30-23)36-26(28-21)29-22-15-19(9-10-27-22)16-32-11-13-33(14-12-32)24(35)17-34/h3-10,15,34H,11-14,16-17H2,1-2H3,(H,27,28,29). The summed E-state index contributed by atoms with van der Waals surface area (Å²) >= 11 is 1.50. The van der Waals surface area contributed by atoms with Gasteiger partial charge in [-0.1, -0.05) is 29.0 Å². The second-order valence-corrected chi connectivity index (χ2v) is 9.87. The van der Waals surface area contributed by atoms with E-state index in [0.29, 0.717) is 13.1 Å². The fourth-order valence-electron chi connectivity index (χ4n) is 4.21. The second kappa shape index (κ2) is 10.6. The maximum atomic E-state index is 11.7. The van der Waals surface area contributed by atoms with E-state index in [0.717, 1.165) is 58.0 Å². The number of benzene rings is 1. The molecule has 5 rings (SSSR count). The Hall–Kier alpha value is -3.60. The van der Waals surface area contributed by atoms with E-state index in [1.807, 2.05) is 31.3 Å². The number of carbonyl (C=O) groups excluding carboxylic acids is 1. The van der Waals surface area contributed by atoms with Gasteiger partial charge in [0.2, 0.25) is 5.91 Å². The topological polar surface area (TPSA) is 97.7 Å². The highest BCUT2D eigenvalue weighted by Gasteiger charge is 2.20. The molecule has 0 radical (unpaired) electrons. The molecular weight excluding hydrogens is 474 g/mol. The molecule has 1 amide bonds. The molecule has 2 N–H and O–H groups in total. The largest absolute Gasteiger partial charge is 0.387 e. The smallest absolute Gasteiger partial charge is 0.248 e. The summed E-state index contributed by atoms with van der Waals surface area (Å²) in [6.07, 6.45) is 1.80. The third-order valence-corrected chi connectivity index (χ3v) is 7.21. The van der Waals surface area contributed by atoms with E-state index in [1.165, 1.54) is 16.9 Å². The van der Waals surface area contributed by atoms with Crippen LogP contribution in [0.2, 0.25) is 0 Å². The molecule has 1 aromatic carbocycles. The van der Waals surface area contributed by atoms with Gasteiger partial charge < -0.3 is 20.2 Å². The van der Waals surface area contributed by atoms with Crippen molar-refractivity contribution in [2.24, 2.45) is 0 Å². The zero-order chi connectivity index (χ0) is 25.1. The molecule has 0 spiro atoms. The number of anilines is 4. The van der Waals surface area contributed by atoms with Crippen LogP contribution in [0.5, 0.6) is 0 Å². The van der Waals surface area contributed by atoms with Gasteiger partial charge in [0.1, 0.15) is 28.6 Å². The van der Waals surface area contributed by atoms with E-state index >= 15 is 0 Å². The summed E-state index contributed by atoms with van der Waals surface area (Å²) in [5, 5.41) is 13.1. The van der Waals surface area contributed by atoms with Gasteiger partial charge in [-0.05, 0) is 48.9 Å². The molecule has 1 saturated heterocycles. The first-order chi connectivity index (χ1) is 17.5. The van der Waals surface area contributed by atoms with Gasteiger partial charge in [0.15, 0.2) is 5.13 Å². The number of amides is 1. The summed E-state index contributed by atoms with van der Waals surface area (Å²) in [5.74, 6) is 1.39. The highest BCUT2D eigenvalue weighted by molar-refractivity contribution is 7.21. The third-order valence-electron chi connectivity index (χ3n) is 6.33. The molecule has 0 unspecified atom stereocenters. The first kappa shape index (κ1) is 24.1. The number of aromatic nitrogens is 3. The lowest BCUT2D eigenvalue weighted by Crippen LogP contribution is -2.49. The number of thiazole rings is 1. The zero-order valence-electron chi connectivity index (χ0n) is 20.4. The van der Waals surface area contributed by atoms with E-state index in [2.05, 4.69) is 56.3 Å². The summed E-state index contributed by atoms with van der Waals surface area (Å²) < 4.78 is 0. The first-order valence-electron chi connectivity index (χ1n) is 11.9. The normalized spacial score (nSPS) is 14.2. The van der Waals surface area contributed by atoms with Crippen molar-refractivity contribution in [1.29, 1.82) is 0 Å². The van der Waals surface area contributed by atoms with Crippen LogP contribution >= 0.6 is 11.3 Å². The molecule has 1 aliphatic heterocycles. The van der Waals surface area contributed by atoms with Crippen LogP contribution in [-0.4, -0.2) is 75.6 Å². The lowest BCUT2D eigenvalue weighted by atomic mass is 10.2. The predicted octanol–water partition coefficient (Wildman–Crippen LogP) is 3.54. The number of hydrogen-bond donors (Lipinski definition) is 2. The molecule has 36 heavy (non-hydrogen) atoms. The highest BCUT2D eigenvalue weighted by Crippen LogP contribution is 2.30. The minimum atomic E-state index is -0.425. The van der Waals surface area contributed by atoms with Crippen molar-refractivity contribution < 1.29 is 9.90 Å². The van der Waals surface area contributed by atoms with Gasteiger partial charge in [-0.25, -0.2) is 15.0 Å². The third kappa shape index (κ3) is 5.46. The number of hydrogen-bond acceptors (Lipinski definition) is 9. The maximum absolute atomic E-state index is 11.7. The van der Waals surface area contributed by atoms with Crippen molar-refractivity contribution in [1.82, 2.24) is 24.8 Å². The van der Waals surface area contributed by atoms with E-state index in [-0.39, 0.29) is 5.91 Å². The van der Waals surface area contributed by atoms with Crippen LogP contribution in [0.4, 0.5) is 22.5 Å². The highest BCUT2D eigenvalue weighted by atomic mass is 32.1. The van der Waals surface area contributed by atoms with Crippen LogP contribution < -0.4 is 10.2 Å². The molecule has 0 aliphatic carbocycles. The molecule has 186 valence electrons. The number of carbonyl (C=O) groups is 1. The monoisotopic (exact) mass is 503 g/mol. The molecule has 1 fully saturated rings. The molecule has 0 bridgehead atoms. The van der Waals surface area contributed by atoms with Gasteiger partial charge in [-0.15, -0.1) is 0 Å². The Morgan fingerprint density at radius 1 is 1.08 bits per heavy atom. The lowest BCUT2D eigenvalue weighted by molar-refractivity contribution is -0.135. The minimum Gasteiger partial charge on any atom is -0.387 e. The number of piperazine rings is 1. The molecule has 3 aromatic heterocycles. The van der Waals surface area contributed by atoms with Crippen molar-refractivity contribution in [3.63, 3.8) is 0 Å². The fraction of sp³-hybridized carbons (Fsp3) is 0.308. The summed E-state index contributed by atoms with van der Waals surface area (Å²) in [4.78, 5) is 32.6. The molecule has 4 heterocycles. The number of nitrogens with one attached hydrogen (secondary N) is 1. The zero-order valence-corrected chi connectivity index (χ0v) is 21.2. The van der Waals surface area contributed by atoms with E-state index in [1.54, 1.807) is 11.1 Å². The Labute approximate surface area is 214 Å². The molecular formula is C26H29N7O2S. The van der Waals surface area contributed by atoms with Crippen LogP contribution in [0, 0.1) is 6.92 Å². The van der Waals surface area contributed by atoms with E-state index in [9.17, 15) is 4.79 Å². The van der Waals surface area contributed by atoms with Gasteiger partial charge in [-0.3, -0.25) is 9.69 Å². The Kier molecular flexibility index (Phi) is 7.08. The predicted molar refractivity (Wildman–Crippen MR) is 143 cm³/mol. The average Bonchev–Trinajstić information content (AvgIpc) is 3.30. The molecule has 9 nitrogen and oxygen atoms in total. The van der Waals surface area contributed by atoms with Crippen molar-refractivity contribution >= 4 is 50.0 Å². The number of aliphatic hydroxyl groups is 1. The van der Waals surface area contributed by atoms with Crippen molar-refractivity contribution in [3.8, 4) is 0 Å². The Morgan fingerprint density at radius 2 is 1.86 bits per heavy atom. The molecule has 0 atom stereocenters. The summed E-state index contributed by atoms with van der Waals surface area (Å²) in [6, 6.07) is 16.4. The van der Waals surface area contributed by atoms with Gasteiger partial charge in [-0.2, -0.15) is 0 Å². The number of nitrogens with zero attached hydrogens (tertiary/aromatic N) is 6. The summed E-state index contributed by atoms with van der Waals surface area (Å²) in [7, 11) is 2.01.